The van der Waals surface area contributed by atoms with E-state index in [1.165, 1.54) is 0 Å². The number of nitrogens with zero attached hydrogens (tertiary/aromatic N) is 2. The molecule has 2 rings (SSSR count). The van der Waals surface area contributed by atoms with Crippen LogP contribution in [0.25, 0.3) is 0 Å². The Hall–Kier alpha value is -1.56. The van der Waals surface area contributed by atoms with Crippen LogP contribution in [0.2, 0.25) is 0 Å². The van der Waals surface area contributed by atoms with Gasteiger partial charge in [-0.1, -0.05) is 0 Å². The Morgan fingerprint density at radius 2 is 2.31 bits per heavy atom. The standard InChI is InChI=1S/C10H10N2O/c1-7-2-5-10(9(6-11)12-7)13-8-3-4-8/h2,5,8H,3-4H2,1H3. The summed E-state index contributed by atoms with van der Waals surface area (Å²) in [6.45, 7) is 1.86. The van der Waals surface area contributed by atoms with Gasteiger partial charge in [-0.25, -0.2) is 4.98 Å². The quantitative estimate of drug-likeness (QED) is 0.686. The molecule has 0 saturated heterocycles. The largest absolute Gasteiger partial charge is 0.487 e. The number of nitriles is 1. The number of pyridine rings is 1. The van der Waals surface area contributed by atoms with Crippen molar-refractivity contribution in [2.45, 2.75) is 25.9 Å². The number of rotatable bonds is 2. The highest BCUT2D eigenvalue weighted by molar-refractivity contribution is 5.38. The van der Waals surface area contributed by atoms with E-state index < -0.39 is 0 Å². The molecule has 0 bridgehead atoms. The summed E-state index contributed by atoms with van der Waals surface area (Å²) in [5.74, 6) is 0.621. The zero-order chi connectivity index (χ0) is 9.26. The van der Waals surface area contributed by atoms with Crippen LogP contribution in [-0.2, 0) is 0 Å². The van der Waals surface area contributed by atoms with Crippen molar-refractivity contribution in [1.82, 2.24) is 4.98 Å². The molecular formula is C10H10N2O. The van der Waals surface area contributed by atoms with Gasteiger partial charge in [-0.2, -0.15) is 5.26 Å². The molecule has 66 valence electrons. The average molecular weight is 174 g/mol. The van der Waals surface area contributed by atoms with Gasteiger partial charge in [-0.3, -0.25) is 0 Å². The molecule has 0 aromatic carbocycles. The summed E-state index contributed by atoms with van der Waals surface area (Å²) in [4.78, 5) is 4.09. The molecule has 3 heteroatoms. The summed E-state index contributed by atoms with van der Waals surface area (Å²) >= 11 is 0. The topological polar surface area (TPSA) is 45.9 Å². The Morgan fingerprint density at radius 3 is 2.92 bits per heavy atom. The summed E-state index contributed by atoms with van der Waals surface area (Å²) in [5, 5.41) is 8.78. The predicted octanol–water partition coefficient (Wildman–Crippen LogP) is 1.80. The second-order valence-corrected chi connectivity index (χ2v) is 3.23. The van der Waals surface area contributed by atoms with Gasteiger partial charge >= 0.3 is 0 Å². The monoisotopic (exact) mass is 174 g/mol. The molecule has 1 fully saturated rings. The molecule has 1 saturated carbocycles. The van der Waals surface area contributed by atoms with Gasteiger partial charge in [0.1, 0.15) is 6.07 Å². The van der Waals surface area contributed by atoms with Gasteiger partial charge in [-0.15, -0.1) is 0 Å². The molecule has 0 unspecified atom stereocenters. The van der Waals surface area contributed by atoms with Gasteiger partial charge in [0, 0.05) is 5.69 Å². The first-order valence-electron chi connectivity index (χ1n) is 4.34. The molecule has 0 spiro atoms. The van der Waals surface area contributed by atoms with Crippen molar-refractivity contribution in [3.8, 4) is 11.8 Å². The first-order valence-corrected chi connectivity index (χ1v) is 4.34. The zero-order valence-corrected chi connectivity index (χ0v) is 7.45. The van der Waals surface area contributed by atoms with Crippen LogP contribution in [0.5, 0.6) is 5.75 Å². The minimum absolute atomic E-state index is 0.316. The Labute approximate surface area is 77.0 Å². The SMILES string of the molecule is Cc1ccc(OC2CC2)c(C#N)n1. The van der Waals surface area contributed by atoms with E-state index in [1.807, 2.05) is 25.1 Å². The molecule has 3 nitrogen and oxygen atoms in total. The van der Waals surface area contributed by atoms with Crippen LogP contribution < -0.4 is 4.74 Å². The van der Waals surface area contributed by atoms with E-state index in [-0.39, 0.29) is 0 Å². The molecule has 1 aromatic heterocycles. The van der Waals surface area contributed by atoms with E-state index in [9.17, 15) is 0 Å². The molecule has 0 atom stereocenters. The Bertz CT molecular complexity index is 364. The number of hydrogen-bond acceptors (Lipinski definition) is 3. The van der Waals surface area contributed by atoms with E-state index in [0.29, 0.717) is 17.5 Å². The second-order valence-electron chi connectivity index (χ2n) is 3.23. The van der Waals surface area contributed by atoms with Crippen LogP contribution in [0.3, 0.4) is 0 Å². The summed E-state index contributed by atoms with van der Waals surface area (Å²) in [6, 6.07) is 5.71. The van der Waals surface area contributed by atoms with Crippen molar-refractivity contribution in [2.75, 3.05) is 0 Å². The molecule has 0 N–H and O–H groups in total. The predicted molar refractivity (Wildman–Crippen MR) is 47.3 cm³/mol. The van der Waals surface area contributed by atoms with Crippen LogP contribution in [0.15, 0.2) is 12.1 Å². The summed E-state index contributed by atoms with van der Waals surface area (Å²) in [6.07, 6.45) is 2.51. The Balaban J connectivity index is 2.27. The Kier molecular flexibility index (Phi) is 1.90. The fourth-order valence-electron chi connectivity index (χ4n) is 1.08. The summed E-state index contributed by atoms with van der Waals surface area (Å²) in [5.41, 5.74) is 1.24. The van der Waals surface area contributed by atoms with E-state index in [0.717, 1.165) is 18.5 Å². The van der Waals surface area contributed by atoms with E-state index in [2.05, 4.69) is 4.98 Å². The van der Waals surface area contributed by atoms with Crippen molar-refractivity contribution in [3.05, 3.63) is 23.5 Å². The minimum Gasteiger partial charge on any atom is -0.487 e. The Morgan fingerprint density at radius 1 is 1.54 bits per heavy atom. The van der Waals surface area contributed by atoms with Crippen molar-refractivity contribution >= 4 is 0 Å². The van der Waals surface area contributed by atoms with Gasteiger partial charge in [0.2, 0.25) is 0 Å². The molecule has 13 heavy (non-hydrogen) atoms. The third kappa shape index (κ3) is 1.78. The van der Waals surface area contributed by atoms with Gasteiger partial charge in [0.15, 0.2) is 11.4 Å². The number of ether oxygens (including phenoxy) is 1. The summed E-state index contributed by atoms with van der Waals surface area (Å²) < 4.78 is 5.52. The first-order chi connectivity index (χ1) is 6.29. The molecule has 1 aliphatic rings. The maximum absolute atomic E-state index is 8.78. The fraction of sp³-hybridized carbons (Fsp3) is 0.400. The van der Waals surface area contributed by atoms with Gasteiger partial charge < -0.3 is 4.74 Å². The average Bonchev–Trinajstić information content (AvgIpc) is 2.92. The highest BCUT2D eigenvalue weighted by Gasteiger charge is 2.24. The van der Waals surface area contributed by atoms with Gasteiger partial charge in [-0.05, 0) is 31.9 Å². The molecular weight excluding hydrogens is 164 g/mol. The lowest BCUT2D eigenvalue weighted by molar-refractivity contribution is 0.301. The van der Waals surface area contributed by atoms with Crippen LogP contribution in [-0.4, -0.2) is 11.1 Å². The third-order valence-electron chi connectivity index (χ3n) is 1.92. The van der Waals surface area contributed by atoms with E-state index in [4.69, 9.17) is 10.00 Å². The lowest BCUT2D eigenvalue weighted by Gasteiger charge is -2.05. The van der Waals surface area contributed by atoms with E-state index in [1.54, 1.807) is 0 Å². The molecule has 1 aromatic rings. The van der Waals surface area contributed by atoms with Crippen LogP contribution >= 0.6 is 0 Å². The number of aryl methyl sites for hydroxylation is 1. The van der Waals surface area contributed by atoms with Crippen LogP contribution in [0.1, 0.15) is 24.2 Å². The minimum atomic E-state index is 0.316. The number of hydrogen-bond donors (Lipinski definition) is 0. The van der Waals surface area contributed by atoms with E-state index >= 15 is 0 Å². The smallest absolute Gasteiger partial charge is 0.182 e. The fourth-order valence-corrected chi connectivity index (χ4v) is 1.08. The molecule has 0 amide bonds. The van der Waals surface area contributed by atoms with Crippen LogP contribution in [0.4, 0.5) is 0 Å². The second kappa shape index (κ2) is 3.06. The molecule has 1 aliphatic carbocycles. The molecule has 0 radical (unpaired) electrons. The highest BCUT2D eigenvalue weighted by Crippen LogP contribution is 2.28. The zero-order valence-electron chi connectivity index (χ0n) is 7.45. The van der Waals surface area contributed by atoms with Gasteiger partial charge in [0.25, 0.3) is 0 Å². The third-order valence-corrected chi connectivity index (χ3v) is 1.92. The van der Waals surface area contributed by atoms with Crippen LogP contribution in [0, 0.1) is 18.3 Å². The van der Waals surface area contributed by atoms with Crippen molar-refractivity contribution in [2.24, 2.45) is 0 Å². The van der Waals surface area contributed by atoms with Crippen molar-refractivity contribution in [3.63, 3.8) is 0 Å². The maximum atomic E-state index is 8.78. The molecule has 0 aliphatic heterocycles. The summed E-state index contributed by atoms with van der Waals surface area (Å²) in [7, 11) is 0. The van der Waals surface area contributed by atoms with Crippen molar-refractivity contribution < 1.29 is 4.74 Å². The first kappa shape index (κ1) is 8.06. The maximum Gasteiger partial charge on any atom is 0.182 e. The number of aromatic nitrogens is 1. The molecule has 1 heterocycles. The van der Waals surface area contributed by atoms with Gasteiger partial charge in [0.05, 0.1) is 6.10 Å². The lowest BCUT2D eigenvalue weighted by Crippen LogP contribution is -2.00. The highest BCUT2D eigenvalue weighted by atomic mass is 16.5. The normalized spacial score (nSPS) is 15.1. The lowest BCUT2D eigenvalue weighted by atomic mass is 10.3. The van der Waals surface area contributed by atoms with Crippen molar-refractivity contribution in [1.29, 1.82) is 5.26 Å².